The normalized spacial score (nSPS) is 13.4. The molecule has 33 heavy (non-hydrogen) atoms. The number of carbonyl (C=O) groups excluding carboxylic acids is 3. The number of rotatable bonds is 6. The molecule has 1 aliphatic heterocycles. The summed E-state index contributed by atoms with van der Waals surface area (Å²) in [6.45, 7) is 0. The number of anilines is 3. The van der Waals surface area contributed by atoms with Crippen molar-refractivity contribution in [2.45, 2.75) is 0 Å². The fraction of sp³-hybridized carbons (Fsp3) is 0.0417. The largest absolute Gasteiger partial charge is 0.495 e. The molecule has 1 heterocycles. The first-order valence-corrected chi connectivity index (χ1v) is 10.5. The number of nitrogens with zero attached hydrogens (tertiary/aromatic N) is 1. The van der Waals surface area contributed by atoms with Crippen LogP contribution in [-0.4, -0.2) is 24.8 Å². The molecule has 0 unspecified atom stereocenters. The topological polar surface area (TPSA) is 87.7 Å². The van der Waals surface area contributed by atoms with Crippen LogP contribution in [0.5, 0.6) is 5.75 Å². The predicted octanol–water partition coefficient (Wildman–Crippen LogP) is 5.04. The standard InChI is InChI=1S/C24H17Cl2N3O4/c1-33-19-12-5-3-10-17(19)28-22(30)14-7-6-8-15(13-14)27-21-20(26)23(31)29(24(21)32)18-11-4-2-9-16(18)25/h2-13,27H,1H3,(H,28,30). The molecule has 0 fully saturated rings. The number of amides is 3. The van der Waals surface area contributed by atoms with Crippen LogP contribution < -0.4 is 20.3 Å². The molecule has 0 aromatic heterocycles. The molecule has 7 nitrogen and oxygen atoms in total. The van der Waals surface area contributed by atoms with Gasteiger partial charge in [-0.3, -0.25) is 14.4 Å². The molecule has 9 heteroatoms. The van der Waals surface area contributed by atoms with Crippen molar-refractivity contribution in [3.05, 3.63) is 94.1 Å². The van der Waals surface area contributed by atoms with E-state index >= 15 is 0 Å². The Morgan fingerprint density at radius 1 is 0.909 bits per heavy atom. The van der Waals surface area contributed by atoms with Gasteiger partial charge in [0.25, 0.3) is 17.7 Å². The second-order valence-corrected chi connectivity index (χ2v) is 7.73. The molecule has 1 aliphatic rings. The maximum Gasteiger partial charge on any atom is 0.283 e. The van der Waals surface area contributed by atoms with Crippen LogP contribution in [0.1, 0.15) is 10.4 Å². The van der Waals surface area contributed by atoms with Crippen LogP contribution in [0.25, 0.3) is 0 Å². The zero-order chi connectivity index (χ0) is 23.5. The molecule has 3 aromatic carbocycles. The number of hydrogen-bond donors (Lipinski definition) is 2. The summed E-state index contributed by atoms with van der Waals surface area (Å²) in [6.07, 6.45) is 0. The van der Waals surface area contributed by atoms with Gasteiger partial charge < -0.3 is 15.4 Å². The van der Waals surface area contributed by atoms with Gasteiger partial charge in [-0.15, -0.1) is 0 Å². The average Bonchev–Trinajstić information content (AvgIpc) is 3.03. The number of para-hydroxylation sites is 3. The number of methoxy groups -OCH3 is 1. The van der Waals surface area contributed by atoms with Gasteiger partial charge >= 0.3 is 0 Å². The quantitative estimate of drug-likeness (QED) is 0.481. The third kappa shape index (κ3) is 4.41. The third-order valence-electron chi connectivity index (χ3n) is 4.87. The van der Waals surface area contributed by atoms with E-state index in [0.29, 0.717) is 22.7 Å². The van der Waals surface area contributed by atoms with Gasteiger partial charge in [0, 0.05) is 11.3 Å². The highest BCUT2D eigenvalue weighted by Crippen LogP contribution is 2.34. The van der Waals surface area contributed by atoms with Crippen LogP contribution in [0.3, 0.4) is 0 Å². The highest BCUT2D eigenvalue weighted by atomic mass is 35.5. The van der Waals surface area contributed by atoms with Gasteiger partial charge in [0.05, 0.1) is 23.5 Å². The average molecular weight is 482 g/mol. The Morgan fingerprint density at radius 2 is 1.64 bits per heavy atom. The molecule has 3 amide bonds. The zero-order valence-corrected chi connectivity index (χ0v) is 18.8. The predicted molar refractivity (Wildman–Crippen MR) is 128 cm³/mol. The van der Waals surface area contributed by atoms with Crippen LogP contribution in [0, 0.1) is 0 Å². The maximum absolute atomic E-state index is 13.0. The Kier molecular flexibility index (Phi) is 6.35. The summed E-state index contributed by atoms with van der Waals surface area (Å²) < 4.78 is 5.25. The van der Waals surface area contributed by atoms with Crippen molar-refractivity contribution in [2.24, 2.45) is 0 Å². The van der Waals surface area contributed by atoms with E-state index in [4.69, 9.17) is 27.9 Å². The number of carbonyl (C=O) groups is 3. The van der Waals surface area contributed by atoms with Gasteiger partial charge in [0.2, 0.25) is 0 Å². The number of nitrogens with one attached hydrogen (secondary N) is 2. The molecule has 0 spiro atoms. The van der Waals surface area contributed by atoms with E-state index in [2.05, 4.69) is 10.6 Å². The SMILES string of the molecule is COc1ccccc1NC(=O)c1cccc(NC2=C(Cl)C(=O)N(c3ccccc3Cl)C2=O)c1. The van der Waals surface area contributed by atoms with Crippen molar-refractivity contribution < 1.29 is 19.1 Å². The Balaban J connectivity index is 1.56. The molecule has 0 radical (unpaired) electrons. The highest BCUT2D eigenvalue weighted by Gasteiger charge is 2.39. The van der Waals surface area contributed by atoms with E-state index in [0.717, 1.165) is 4.90 Å². The van der Waals surface area contributed by atoms with Crippen molar-refractivity contribution in [3.8, 4) is 5.75 Å². The summed E-state index contributed by atoms with van der Waals surface area (Å²) in [5.74, 6) is -1.20. The molecule has 0 atom stereocenters. The second kappa shape index (κ2) is 9.36. The van der Waals surface area contributed by atoms with Gasteiger partial charge in [0.15, 0.2) is 0 Å². The fourth-order valence-corrected chi connectivity index (χ4v) is 3.72. The maximum atomic E-state index is 13.0. The summed E-state index contributed by atoms with van der Waals surface area (Å²) in [4.78, 5) is 39.3. The van der Waals surface area contributed by atoms with Crippen LogP contribution in [-0.2, 0) is 9.59 Å². The molecule has 0 saturated heterocycles. The number of ether oxygens (including phenoxy) is 1. The van der Waals surface area contributed by atoms with Gasteiger partial charge in [-0.1, -0.05) is 53.5 Å². The van der Waals surface area contributed by atoms with Crippen molar-refractivity contribution in [2.75, 3.05) is 22.6 Å². The minimum Gasteiger partial charge on any atom is -0.495 e. The monoisotopic (exact) mass is 481 g/mol. The van der Waals surface area contributed by atoms with Crippen LogP contribution in [0.15, 0.2) is 83.5 Å². The summed E-state index contributed by atoms with van der Waals surface area (Å²) in [6, 6.07) is 19.9. The molecule has 3 aromatic rings. The lowest BCUT2D eigenvalue weighted by molar-refractivity contribution is -0.120. The highest BCUT2D eigenvalue weighted by molar-refractivity contribution is 6.53. The summed E-state index contributed by atoms with van der Waals surface area (Å²) in [5, 5.41) is 5.61. The molecule has 0 saturated carbocycles. The van der Waals surface area contributed by atoms with E-state index in [-0.39, 0.29) is 27.3 Å². The van der Waals surface area contributed by atoms with E-state index < -0.39 is 11.8 Å². The first-order chi connectivity index (χ1) is 15.9. The van der Waals surface area contributed by atoms with Crippen molar-refractivity contribution >= 4 is 58.0 Å². The lowest BCUT2D eigenvalue weighted by Crippen LogP contribution is -2.32. The number of benzene rings is 3. The Hall–Kier alpha value is -3.81. The van der Waals surface area contributed by atoms with E-state index in [1.54, 1.807) is 66.7 Å². The molecule has 2 N–H and O–H groups in total. The van der Waals surface area contributed by atoms with Crippen molar-refractivity contribution in [3.63, 3.8) is 0 Å². The molecular formula is C24H17Cl2N3O4. The van der Waals surface area contributed by atoms with Gasteiger partial charge in [0.1, 0.15) is 16.5 Å². The molecule has 166 valence electrons. The van der Waals surface area contributed by atoms with Crippen molar-refractivity contribution in [1.29, 1.82) is 0 Å². The Labute approximate surface area is 199 Å². The molecule has 0 aliphatic carbocycles. The second-order valence-electron chi connectivity index (χ2n) is 6.95. The van der Waals surface area contributed by atoms with E-state index in [9.17, 15) is 14.4 Å². The van der Waals surface area contributed by atoms with Crippen molar-refractivity contribution in [1.82, 2.24) is 0 Å². The Bertz CT molecular complexity index is 1310. The van der Waals surface area contributed by atoms with Gasteiger partial charge in [-0.2, -0.15) is 0 Å². The van der Waals surface area contributed by atoms with Crippen LogP contribution >= 0.6 is 23.2 Å². The number of imide groups is 1. The first kappa shape index (κ1) is 22.4. The van der Waals surface area contributed by atoms with E-state index in [1.165, 1.54) is 13.2 Å². The summed E-state index contributed by atoms with van der Waals surface area (Å²) >= 11 is 12.3. The molecule has 0 bridgehead atoms. The zero-order valence-electron chi connectivity index (χ0n) is 17.3. The van der Waals surface area contributed by atoms with Gasteiger partial charge in [-0.25, -0.2) is 4.90 Å². The minimum absolute atomic E-state index is 0.108. The molecule has 4 rings (SSSR count). The lowest BCUT2D eigenvalue weighted by Gasteiger charge is -2.16. The lowest BCUT2D eigenvalue weighted by atomic mass is 10.1. The minimum atomic E-state index is -0.692. The fourth-order valence-electron chi connectivity index (χ4n) is 3.29. The Morgan fingerprint density at radius 3 is 2.39 bits per heavy atom. The van der Waals surface area contributed by atoms with E-state index in [1.807, 2.05) is 0 Å². The van der Waals surface area contributed by atoms with Gasteiger partial charge in [-0.05, 0) is 42.5 Å². The van der Waals surface area contributed by atoms with Crippen LogP contribution in [0.4, 0.5) is 17.1 Å². The number of hydrogen-bond acceptors (Lipinski definition) is 5. The van der Waals surface area contributed by atoms with Crippen LogP contribution in [0.2, 0.25) is 5.02 Å². The summed E-state index contributed by atoms with van der Waals surface area (Å²) in [5.41, 5.74) is 1.36. The first-order valence-electron chi connectivity index (χ1n) is 9.75. The number of halogens is 2. The smallest absolute Gasteiger partial charge is 0.283 e. The molecular weight excluding hydrogens is 465 g/mol. The third-order valence-corrected chi connectivity index (χ3v) is 5.54. The summed E-state index contributed by atoms with van der Waals surface area (Å²) in [7, 11) is 1.51.